The van der Waals surface area contributed by atoms with Gasteiger partial charge in [0.2, 0.25) is 5.91 Å². The summed E-state index contributed by atoms with van der Waals surface area (Å²) in [5, 5.41) is 7.91. The lowest BCUT2D eigenvalue weighted by Crippen LogP contribution is -2.33. The highest BCUT2D eigenvalue weighted by atomic mass is 19.1. The van der Waals surface area contributed by atoms with E-state index in [9.17, 15) is 9.18 Å². The van der Waals surface area contributed by atoms with Gasteiger partial charge < -0.3 is 9.64 Å². The number of hydrogen-bond donors (Lipinski definition) is 0. The number of aryl methyl sites for hydroxylation is 1. The fourth-order valence-corrected chi connectivity index (χ4v) is 2.40. The van der Waals surface area contributed by atoms with Gasteiger partial charge in [-0.05, 0) is 13.0 Å². The zero-order valence-electron chi connectivity index (χ0n) is 12.3. The molecule has 1 aliphatic rings. The van der Waals surface area contributed by atoms with Crippen LogP contribution in [0.5, 0.6) is 5.75 Å². The van der Waals surface area contributed by atoms with Crippen LogP contribution in [0.25, 0.3) is 0 Å². The molecule has 0 N–H and O–H groups in total. The summed E-state index contributed by atoms with van der Waals surface area (Å²) in [5.41, 5.74) is 1.46. The first kappa shape index (κ1) is 14.5. The standard InChI is InChI=1S/C15H17FN4O2/c1-2-20-10-13(17-18-20)8-15(21)19-5-6-22-14-7-12(16)4-3-11(14)9-19/h3-4,7,10H,2,5-6,8-9H2,1H3. The smallest absolute Gasteiger partial charge is 0.229 e. The molecule has 2 aromatic rings. The molecule has 6 nitrogen and oxygen atoms in total. The summed E-state index contributed by atoms with van der Waals surface area (Å²) >= 11 is 0. The van der Waals surface area contributed by atoms with Crippen LogP contribution in [0.4, 0.5) is 4.39 Å². The van der Waals surface area contributed by atoms with Crippen LogP contribution in [-0.4, -0.2) is 39.0 Å². The SMILES string of the molecule is CCn1cc(CC(=O)N2CCOc3cc(F)ccc3C2)nn1. The number of rotatable bonds is 3. The molecule has 0 bridgehead atoms. The summed E-state index contributed by atoms with van der Waals surface area (Å²) in [6.45, 7) is 3.91. The Hall–Kier alpha value is -2.44. The van der Waals surface area contributed by atoms with Crippen molar-refractivity contribution in [2.24, 2.45) is 0 Å². The van der Waals surface area contributed by atoms with E-state index in [0.29, 0.717) is 31.1 Å². The van der Waals surface area contributed by atoms with E-state index < -0.39 is 0 Å². The molecular weight excluding hydrogens is 287 g/mol. The average molecular weight is 304 g/mol. The van der Waals surface area contributed by atoms with Gasteiger partial charge in [-0.1, -0.05) is 11.3 Å². The fourth-order valence-electron chi connectivity index (χ4n) is 2.40. The zero-order valence-corrected chi connectivity index (χ0v) is 12.3. The van der Waals surface area contributed by atoms with Gasteiger partial charge in [0.1, 0.15) is 18.2 Å². The average Bonchev–Trinajstić information content (AvgIpc) is 2.85. The molecule has 0 saturated heterocycles. The predicted molar refractivity (Wildman–Crippen MR) is 76.7 cm³/mol. The largest absolute Gasteiger partial charge is 0.491 e. The van der Waals surface area contributed by atoms with E-state index in [1.54, 1.807) is 21.8 Å². The minimum Gasteiger partial charge on any atom is -0.491 e. The number of fused-ring (bicyclic) bond motifs is 1. The third kappa shape index (κ3) is 3.08. The van der Waals surface area contributed by atoms with Crippen LogP contribution in [0.1, 0.15) is 18.2 Å². The maximum atomic E-state index is 13.2. The van der Waals surface area contributed by atoms with Gasteiger partial charge >= 0.3 is 0 Å². The Kier molecular flexibility index (Phi) is 4.04. The summed E-state index contributed by atoms with van der Waals surface area (Å²) in [5.74, 6) is 0.130. The van der Waals surface area contributed by atoms with Crippen LogP contribution in [0.2, 0.25) is 0 Å². The highest BCUT2D eigenvalue weighted by Gasteiger charge is 2.21. The van der Waals surface area contributed by atoms with Gasteiger partial charge in [-0.2, -0.15) is 0 Å². The third-order valence-corrected chi connectivity index (χ3v) is 3.60. The molecule has 1 aromatic carbocycles. The van der Waals surface area contributed by atoms with E-state index in [2.05, 4.69) is 10.3 Å². The zero-order chi connectivity index (χ0) is 15.5. The molecule has 116 valence electrons. The van der Waals surface area contributed by atoms with Crippen LogP contribution in [0.3, 0.4) is 0 Å². The Bertz CT molecular complexity index is 686. The van der Waals surface area contributed by atoms with Gasteiger partial charge in [-0.15, -0.1) is 5.10 Å². The number of benzene rings is 1. The van der Waals surface area contributed by atoms with E-state index in [1.165, 1.54) is 12.1 Å². The van der Waals surface area contributed by atoms with E-state index in [1.807, 2.05) is 6.92 Å². The van der Waals surface area contributed by atoms with Gasteiger partial charge in [-0.3, -0.25) is 9.48 Å². The topological polar surface area (TPSA) is 60.2 Å². The molecular formula is C15H17FN4O2. The number of carbonyl (C=O) groups is 1. The number of nitrogens with zero attached hydrogens (tertiary/aromatic N) is 4. The third-order valence-electron chi connectivity index (χ3n) is 3.60. The van der Waals surface area contributed by atoms with E-state index in [4.69, 9.17) is 4.74 Å². The van der Waals surface area contributed by atoms with Crippen LogP contribution in [0.15, 0.2) is 24.4 Å². The van der Waals surface area contributed by atoms with Crippen LogP contribution < -0.4 is 4.74 Å². The Morgan fingerprint density at radius 2 is 2.32 bits per heavy atom. The molecule has 3 rings (SSSR count). The lowest BCUT2D eigenvalue weighted by Gasteiger charge is -2.19. The van der Waals surface area contributed by atoms with E-state index in [-0.39, 0.29) is 18.1 Å². The Labute approximate surface area is 127 Å². The minimum absolute atomic E-state index is 0.0380. The maximum absolute atomic E-state index is 13.2. The van der Waals surface area contributed by atoms with Crippen molar-refractivity contribution in [1.82, 2.24) is 19.9 Å². The number of ether oxygens (including phenoxy) is 1. The molecule has 22 heavy (non-hydrogen) atoms. The molecule has 1 aliphatic heterocycles. The first-order chi connectivity index (χ1) is 10.7. The molecule has 0 atom stereocenters. The predicted octanol–water partition coefficient (Wildman–Crippen LogP) is 1.40. The molecule has 2 heterocycles. The summed E-state index contributed by atoms with van der Waals surface area (Å²) in [6, 6.07) is 4.39. The first-order valence-corrected chi connectivity index (χ1v) is 7.23. The van der Waals surface area contributed by atoms with Crippen molar-refractivity contribution in [1.29, 1.82) is 0 Å². The summed E-state index contributed by atoms with van der Waals surface area (Å²) in [4.78, 5) is 14.1. The molecule has 0 spiro atoms. The van der Waals surface area contributed by atoms with Crippen LogP contribution in [0, 0.1) is 5.82 Å². The van der Waals surface area contributed by atoms with Gasteiger partial charge in [-0.25, -0.2) is 4.39 Å². The molecule has 1 amide bonds. The molecule has 7 heteroatoms. The Morgan fingerprint density at radius 3 is 3.09 bits per heavy atom. The number of aromatic nitrogens is 3. The van der Waals surface area contributed by atoms with E-state index >= 15 is 0 Å². The maximum Gasteiger partial charge on any atom is 0.229 e. The highest BCUT2D eigenvalue weighted by Crippen LogP contribution is 2.24. The van der Waals surface area contributed by atoms with Crippen molar-refractivity contribution in [2.75, 3.05) is 13.2 Å². The molecule has 0 radical (unpaired) electrons. The van der Waals surface area contributed by atoms with Crippen molar-refractivity contribution in [3.05, 3.63) is 41.5 Å². The molecule has 0 saturated carbocycles. The minimum atomic E-state index is -0.338. The second-order valence-corrected chi connectivity index (χ2v) is 5.16. The van der Waals surface area contributed by atoms with Crippen molar-refractivity contribution >= 4 is 5.91 Å². The molecule has 0 aliphatic carbocycles. The van der Waals surface area contributed by atoms with E-state index in [0.717, 1.165) is 12.1 Å². The monoisotopic (exact) mass is 304 g/mol. The van der Waals surface area contributed by atoms with Crippen LogP contribution in [-0.2, 0) is 24.3 Å². The fraction of sp³-hybridized carbons (Fsp3) is 0.400. The lowest BCUT2D eigenvalue weighted by atomic mass is 10.1. The number of carbonyl (C=O) groups excluding carboxylic acids is 1. The van der Waals surface area contributed by atoms with Crippen molar-refractivity contribution in [2.45, 2.75) is 26.4 Å². The van der Waals surface area contributed by atoms with Crippen molar-refractivity contribution < 1.29 is 13.9 Å². The summed E-state index contributed by atoms with van der Waals surface area (Å²) < 4.78 is 20.4. The second-order valence-electron chi connectivity index (χ2n) is 5.16. The molecule has 1 aromatic heterocycles. The Morgan fingerprint density at radius 1 is 1.45 bits per heavy atom. The summed E-state index contributed by atoms with van der Waals surface area (Å²) in [7, 11) is 0. The lowest BCUT2D eigenvalue weighted by molar-refractivity contribution is -0.131. The number of halogens is 1. The van der Waals surface area contributed by atoms with Crippen molar-refractivity contribution in [3.8, 4) is 5.75 Å². The number of amides is 1. The van der Waals surface area contributed by atoms with Gasteiger partial charge in [0.05, 0.1) is 18.7 Å². The van der Waals surface area contributed by atoms with Crippen molar-refractivity contribution in [3.63, 3.8) is 0 Å². The highest BCUT2D eigenvalue weighted by molar-refractivity contribution is 5.78. The molecule has 0 unspecified atom stereocenters. The molecule has 0 fully saturated rings. The van der Waals surface area contributed by atoms with Crippen LogP contribution >= 0.6 is 0 Å². The first-order valence-electron chi connectivity index (χ1n) is 7.23. The number of hydrogen-bond acceptors (Lipinski definition) is 4. The quantitative estimate of drug-likeness (QED) is 0.860. The van der Waals surface area contributed by atoms with Gasteiger partial charge in [0, 0.05) is 30.9 Å². The normalized spacial score (nSPS) is 14.2. The summed E-state index contributed by atoms with van der Waals surface area (Å²) in [6.07, 6.45) is 1.98. The van der Waals surface area contributed by atoms with Gasteiger partial charge in [0.25, 0.3) is 0 Å². The second kappa shape index (κ2) is 6.13. The van der Waals surface area contributed by atoms with Gasteiger partial charge in [0.15, 0.2) is 0 Å². The Balaban J connectivity index is 1.71.